The van der Waals surface area contributed by atoms with E-state index in [9.17, 15) is 61.0 Å². The summed E-state index contributed by atoms with van der Waals surface area (Å²) in [7, 11) is 0. The van der Waals surface area contributed by atoms with Crippen LogP contribution in [0.4, 0.5) is 0 Å². The van der Waals surface area contributed by atoms with Crippen molar-refractivity contribution in [2.45, 2.75) is 240 Å². The Hall–Kier alpha value is -2.51. The minimum atomic E-state index is -1.98. The average molecular weight is 1030 g/mol. The fourth-order valence-electron chi connectivity index (χ4n) is 8.55. The lowest BCUT2D eigenvalue weighted by Crippen LogP contribution is -2.66. The summed E-state index contributed by atoms with van der Waals surface area (Å²) < 4.78 is 34.0. The summed E-state index contributed by atoms with van der Waals surface area (Å²) in [5.41, 5.74) is 0. The van der Waals surface area contributed by atoms with Crippen LogP contribution in [0.1, 0.15) is 136 Å². The highest BCUT2D eigenvalue weighted by Gasteiger charge is 2.53. The molecule has 3 rings (SSSR count). The third-order valence-corrected chi connectivity index (χ3v) is 13.0. The Labute approximate surface area is 426 Å². The highest BCUT2D eigenvalue weighted by molar-refractivity contribution is 5.76. The molecule has 0 aromatic heterocycles. The molecule has 3 fully saturated rings. The van der Waals surface area contributed by atoms with E-state index < -0.39 is 124 Å². The molecule has 17 atom stereocenters. The van der Waals surface area contributed by atoms with Crippen molar-refractivity contribution >= 4 is 5.91 Å². The number of aliphatic hydroxyl groups excluding tert-OH is 11. The van der Waals surface area contributed by atoms with Crippen molar-refractivity contribution in [2.75, 3.05) is 26.4 Å². The molecular formula is C53H91NO18. The quantitative estimate of drug-likeness (QED) is 0.0317. The summed E-state index contributed by atoms with van der Waals surface area (Å²) in [5.74, 6) is -0.306. The number of amides is 1. The van der Waals surface area contributed by atoms with E-state index in [1.54, 1.807) is 12.2 Å². The Kier molecular flexibility index (Phi) is 33.0. The topological polar surface area (TPSA) is 307 Å². The van der Waals surface area contributed by atoms with Crippen LogP contribution in [0.3, 0.4) is 0 Å². The van der Waals surface area contributed by atoms with Crippen molar-refractivity contribution < 1.29 is 89.4 Å². The number of nitrogens with one attached hydrogen (secondary N) is 1. The second-order valence-electron chi connectivity index (χ2n) is 19.0. The molecule has 3 saturated heterocycles. The van der Waals surface area contributed by atoms with Crippen molar-refractivity contribution in [1.82, 2.24) is 5.32 Å². The summed E-state index contributed by atoms with van der Waals surface area (Å²) in [4.78, 5) is 13.2. The Morgan fingerprint density at radius 3 is 1.53 bits per heavy atom. The van der Waals surface area contributed by atoms with Crippen molar-refractivity contribution in [3.8, 4) is 0 Å². The lowest BCUT2D eigenvalue weighted by atomic mass is 9.96. The summed E-state index contributed by atoms with van der Waals surface area (Å²) >= 11 is 0. The standard InChI is InChI=1S/C53H91NO18/c1-3-5-7-9-11-13-14-15-16-17-18-19-20-21-22-23-25-27-29-31-41(59)54-36(37(58)30-28-26-24-12-10-8-6-4-2)35-67-51-47(65)44(62)49(39(33-56)69-51)72-53-48(66)45(63)50(40(34-57)70-53)71-52-46(64)43(61)42(60)38(32-55)68-52/h10-13,15-16,18-19,28,30,36-40,42-53,55-58,60-66H,3-9,14,17,20-27,29,31-35H2,1-2H3,(H,54,59)/b12-10+,13-11-,16-15-,19-18-,30-28+. The summed E-state index contributed by atoms with van der Waals surface area (Å²) in [5, 5.41) is 119. The van der Waals surface area contributed by atoms with E-state index in [0.29, 0.717) is 12.8 Å². The van der Waals surface area contributed by atoms with Gasteiger partial charge in [-0.15, -0.1) is 0 Å². The number of carbonyl (C=O) groups is 1. The van der Waals surface area contributed by atoms with Crippen LogP contribution in [0.2, 0.25) is 0 Å². The van der Waals surface area contributed by atoms with Crippen molar-refractivity contribution in [3.05, 3.63) is 60.8 Å². The van der Waals surface area contributed by atoms with Crippen molar-refractivity contribution in [2.24, 2.45) is 0 Å². The van der Waals surface area contributed by atoms with Gasteiger partial charge in [-0.2, -0.15) is 0 Å². The lowest BCUT2D eigenvalue weighted by Gasteiger charge is -2.48. The number of ether oxygens (including phenoxy) is 6. The van der Waals surface area contributed by atoms with Crippen molar-refractivity contribution in [3.63, 3.8) is 0 Å². The minimum absolute atomic E-state index is 0.217. The first-order chi connectivity index (χ1) is 34.8. The zero-order chi connectivity index (χ0) is 52.7. The molecule has 0 aromatic rings. The predicted octanol–water partition coefficient (Wildman–Crippen LogP) is 2.53. The molecule has 12 N–H and O–H groups in total. The number of unbranched alkanes of at least 4 members (excludes halogenated alkanes) is 12. The fourth-order valence-corrected chi connectivity index (χ4v) is 8.55. The third-order valence-electron chi connectivity index (χ3n) is 13.0. The SMILES string of the molecule is CCCC/C=C/CC/C=C/C(O)C(COC1OC(CO)C(OC2OC(CO)C(OC3OC(CO)C(O)C(O)C3O)C(O)C2O)C(O)C1O)NC(=O)CCCCCCCC/C=C\C/C=C\C/C=C\CCCCC. The van der Waals surface area contributed by atoms with Gasteiger partial charge in [-0.25, -0.2) is 0 Å². The molecule has 416 valence electrons. The highest BCUT2D eigenvalue weighted by atomic mass is 16.8. The van der Waals surface area contributed by atoms with Gasteiger partial charge in [0.2, 0.25) is 5.91 Å². The van der Waals surface area contributed by atoms with Crippen molar-refractivity contribution in [1.29, 1.82) is 0 Å². The molecule has 0 radical (unpaired) electrons. The Morgan fingerprint density at radius 2 is 0.944 bits per heavy atom. The molecule has 17 unspecified atom stereocenters. The van der Waals surface area contributed by atoms with Crippen LogP contribution in [-0.2, 0) is 33.2 Å². The summed E-state index contributed by atoms with van der Waals surface area (Å²) in [6.45, 7) is 1.53. The largest absolute Gasteiger partial charge is 0.394 e. The molecule has 0 aliphatic carbocycles. The smallest absolute Gasteiger partial charge is 0.220 e. The monoisotopic (exact) mass is 1030 g/mol. The second kappa shape index (κ2) is 37.3. The molecule has 0 aromatic carbocycles. The zero-order valence-electron chi connectivity index (χ0n) is 42.6. The number of allylic oxidation sites excluding steroid dienone is 9. The normalized spacial score (nSPS) is 32.5. The predicted molar refractivity (Wildman–Crippen MR) is 268 cm³/mol. The van der Waals surface area contributed by atoms with Crippen LogP contribution in [0.15, 0.2) is 60.8 Å². The molecule has 72 heavy (non-hydrogen) atoms. The Bertz CT molecular complexity index is 1560. The van der Waals surface area contributed by atoms with Crippen LogP contribution in [-0.4, -0.2) is 193 Å². The van der Waals surface area contributed by atoms with Crippen LogP contribution in [0, 0.1) is 0 Å². The van der Waals surface area contributed by atoms with Gasteiger partial charge in [0.1, 0.15) is 73.2 Å². The van der Waals surface area contributed by atoms with E-state index in [4.69, 9.17) is 28.4 Å². The van der Waals surface area contributed by atoms with Gasteiger partial charge in [0.25, 0.3) is 0 Å². The minimum Gasteiger partial charge on any atom is -0.394 e. The van der Waals surface area contributed by atoms with Crippen LogP contribution in [0.25, 0.3) is 0 Å². The molecule has 19 nitrogen and oxygen atoms in total. The molecule has 3 heterocycles. The van der Waals surface area contributed by atoms with Crippen LogP contribution in [0.5, 0.6) is 0 Å². The molecule has 3 aliphatic rings. The molecule has 1 amide bonds. The number of aliphatic hydroxyl groups is 11. The maximum atomic E-state index is 13.2. The summed E-state index contributed by atoms with van der Waals surface area (Å²) in [6, 6.07) is -0.995. The molecule has 0 saturated carbocycles. The van der Waals surface area contributed by atoms with E-state index in [1.807, 2.05) is 0 Å². The zero-order valence-corrected chi connectivity index (χ0v) is 42.6. The van der Waals surface area contributed by atoms with Gasteiger partial charge in [-0.3, -0.25) is 4.79 Å². The first-order valence-electron chi connectivity index (χ1n) is 26.5. The number of hydrogen-bond donors (Lipinski definition) is 12. The van der Waals surface area contributed by atoms with Gasteiger partial charge < -0.3 is 89.9 Å². The number of carbonyl (C=O) groups excluding carboxylic acids is 1. The first-order valence-corrected chi connectivity index (χ1v) is 26.5. The Morgan fingerprint density at radius 1 is 0.500 bits per heavy atom. The molecule has 0 spiro atoms. The van der Waals surface area contributed by atoms with E-state index in [2.05, 4.69) is 67.8 Å². The maximum absolute atomic E-state index is 13.2. The van der Waals surface area contributed by atoms with E-state index in [0.717, 1.165) is 83.5 Å². The molecular weight excluding hydrogens is 939 g/mol. The molecule has 19 heteroatoms. The first kappa shape index (κ1) is 63.8. The third kappa shape index (κ3) is 22.4. The van der Waals surface area contributed by atoms with E-state index in [-0.39, 0.29) is 18.9 Å². The van der Waals surface area contributed by atoms with Crippen LogP contribution >= 0.6 is 0 Å². The van der Waals surface area contributed by atoms with E-state index >= 15 is 0 Å². The molecule has 3 aliphatic heterocycles. The van der Waals surface area contributed by atoms with E-state index in [1.165, 1.54) is 19.3 Å². The Balaban J connectivity index is 1.51. The highest BCUT2D eigenvalue weighted by Crippen LogP contribution is 2.33. The average Bonchev–Trinajstić information content (AvgIpc) is 3.37. The van der Waals surface area contributed by atoms with Gasteiger partial charge in [-0.05, 0) is 64.2 Å². The van der Waals surface area contributed by atoms with Gasteiger partial charge >= 0.3 is 0 Å². The maximum Gasteiger partial charge on any atom is 0.220 e. The van der Waals surface area contributed by atoms with Gasteiger partial charge in [0.05, 0.1) is 38.6 Å². The van der Waals surface area contributed by atoms with Crippen LogP contribution < -0.4 is 5.32 Å². The number of hydrogen-bond acceptors (Lipinski definition) is 18. The lowest BCUT2D eigenvalue weighted by molar-refractivity contribution is -0.379. The number of rotatable bonds is 36. The molecule has 0 bridgehead atoms. The summed E-state index contributed by atoms with van der Waals surface area (Å²) in [6.07, 6.45) is 12.5. The van der Waals surface area contributed by atoms with Gasteiger partial charge in [-0.1, -0.05) is 126 Å². The second-order valence-corrected chi connectivity index (χ2v) is 19.0. The van der Waals surface area contributed by atoms with Gasteiger partial charge in [0, 0.05) is 6.42 Å². The fraction of sp³-hybridized carbons (Fsp3) is 0.792. The van der Waals surface area contributed by atoms with Gasteiger partial charge in [0.15, 0.2) is 18.9 Å².